The quantitative estimate of drug-likeness (QED) is 0.165. The largest absolute Gasteiger partial charge is 0.465 e. The second kappa shape index (κ2) is 14.6. The van der Waals surface area contributed by atoms with Crippen LogP contribution in [-0.4, -0.2) is 61.1 Å². The number of rotatable bonds is 4. The number of nitrogen functional groups attached to an aromatic ring is 3. The molecule has 2 aliphatic heterocycles. The minimum atomic E-state index is -0.642. The zero-order valence-corrected chi connectivity index (χ0v) is 24.9. The number of anilines is 4. The number of hydrogen-bond acceptors (Lipinski definition) is 11. The summed E-state index contributed by atoms with van der Waals surface area (Å²) in [6.07, 6.45) is 5.07. The van der Waals surface area contributed by atoms with Gasteiger partial charge in [-0.25, -0.2) is 19.2 Å². The first-order chi connectivity index (χ1) is 20.3. The van der Waals surface area contributed by atoms with Gasteiger partial charge < -0.3 is 36.7 Å². The number of esters is 3. The Morgan fingerprint density at radius 1 is 0.841 bits per heavy atom. The van der Waals surface area contributed by atoms with Crippen molar-refractivity contribution in [2.24, 2.45) is 5.41 Å². The smallest absolute Gasteiger partial charge is 0.418 e. The number of fused-ring (bicyclic) bond motifs is 1. The first-order valence-corrected chi connectivity index (χ1v) is 13.8. The number of methoxy groups -OCH3 is 2. The Balaban J connectivity index is 0.000000242. The van der Waals surface area contributed by atoms with Crippen molar-refractivity contribution in [1.82, 2.24) is 4.90 Å². The van der Waals surface area contributed by atoms with Gasteiger partial charge in [0.2, 0.25) is 5.91 Å². The standard InChI is InChI=1S/C15H20N2O3.C8H10N2O2.C7H9NO3.CH4/c1-15(8-3-4-9-15)14(19)17-11-7-5-6-10(12(11)16)13(18)20-2;1-12-8(11)5-3-2-4-6(9)7(5)10;1-7-3-2-4-8(7)6(10)11-5(7)9;/h5-7H,3-4,8-9,16H2,1-2H3,(H,17,19);2-4H,9-10H2,1H3;2-4H2,1H3;1H4/t;;7-;/m..1./s1. The van der Waals surface area contributed by atoms with Crippen LogP contribution in [0.25, 0.3) is 0 Å². The van der Waals surface area contributed by atoms with Crippen LogP contribution >= 0.6 is 0 Å². The lowest BCUT2D eigenvalue weighted by Gasteiger charge is -2.23. The van der Waals surface area contributed by atoms with E-state index >= 15 is 0 Å². The van der Waals surface area contributed by atoms with Crippen molar-refractivity contribution >= 4 is 52.7 Å². The molecule has 7 N–H and O–H groups in total. The van der Waals surface area contributed by atoms with Crippen LogP contribution in [-0.2, 0) is 23.8 Å². The first kappa shape index (κ1) is 35.4. The van der Waals surface area contributed by atoms with Crippen LogP contribution in [0.1, 0.15) is 80.5 Å². The molecule has 0 aromatic heterocycles. The Labute approximate surface area is 257 Å². The number of nitrogens with one attached hydrogen (secondary N) is 1. The summed E-state index contributed by atoms with van der Waals surface area (Å²) >= 11 is 0. The summed E-state index contributed by atoms with van der Waals surface area (Å²) in [5, 5.41) is 2.84. The second-order valence-corrected chi connectivity index (χ2v) is 11.0. The lowest BCUT2D eigenvalue weighted by atomic mass is 9.87. The zero-order chi connectivity index (χ0) is 31.9. The molecule has 1 atom stereocenters. The fraction of sp³-hybridized carbons (Fsp3) is 0.452. The maximum absolute atomic E-state index is 12.4. The maximum atomic E-state index is 12.4. The highest BCUT2D eigenvalue weighted by Gasteiger charge is 2.54. The van der Waals surface area contributed by atoms with Gasteiger partial charge in [0.05, 0.1) is 48.1 Å². The molecule has 2 aromatic rings. The molecule has 3 aliphatic rings. The van der Waals surface area contributed by atoms with Gasteiger partial charge in [0.25, 0.3) is 0 Å². The summed E-state index contributed by atoms with van der Waals surface area (Å²) in [4.78, 5) is 58.5. The number of amides is 2. The summed E-state index contributed by atoms with van der Waals surface area (Å²) in [6.45, 7) is 4.38. The number of hydrogen-bond donors (Lipinski definition) is 4. The molecule has 0 radical (unpaired) electrons. The van der Waals surface area contributed by atoms with Gasteiger partial charge in [0, 0.05) is 12.0 Å². The van der Waals surface area contributed by atoms with Crippen molar-refractivity contribution in [2.45, 2.75) is 65.3 Å². The fourth-order valence-corrected chi connectivity index (χ4v) is 5.20. The number of carbonyl (C=O) groups excluding carboxylic acids is 5. The van der Waals surface area contributed by atoms with Crippen LogP contribution in [0.2, 0.25) is 0 Å². The van der Waals surface area contributed by atoms with Crippen LogP contribution in [0.4, 0.5) is 27.5 Å². The minimum absolute atomic E-state index is 0. The number of benzene rings is 2. The molecule has 2 heterocycles. The van der Waals surface area contributed by atoms with Gasteiger partial charge in [-0.3, -0.25) is 9.69 Å². The molecule has 1 aliphatic carbocycles. The zero-order valence-electron chi connectivity index (χ0n) is 24.9. The monoisotopic (exact) mass is 613 g/mol. The third kappa shape index (κ3) is 7.39. The highest BCUT2D eigenvalue weighted by atomic mass is 16.6. The summed E-state index contributed by atoms with van der Waals surface area (Å²) in [5.74, 6) is -1.41. The topological polar surface area (TPSA) is 206 Å². The molecular weight excluding hydrogens is 570 g/mol. The third-order valence-corrected chi connectivity index (χ3v) is 8.04. The van der Waals surface area contributed by atoms with Gasteiger partial charge in [0.1, 0.15) is 5.54 Å². The number of para-hydroxylation sites is 2. The molecule has 0 spiro atoms. The van der Waals surface area contributed by atoms with Crippen LogP contribution in [0, 0.1) is 5.41 Å². The summed E-state index contributed by atoms with van der Waals surface area (Å²) < 4.78 is 13.6. The fourth-order valence-electron chi connectivity index (χ4n) is 5.20. The van der Waals surface area contributed by atoms with Gasteiger partial charge in [-0.15, -0.1) is 0 Å². The summed E-state index contributed by atoms with van der Waals surface area (Å²) in [6, 6.07) is 9.79. The predicted molar refractivity (Wildman–Crippen MR) is 167 cm³/mol. The van der Waals surface area contributed by atoms with E-state index in [1.54, 1.807) is 43.3 Å². The lowest BCUT2D eigenvalue weighted by Crippen LogP contribution is -2.41. The van der Waals surface area contributed by atoms with E-state index in [1.807, 2.05) is 6.92 Å². The van der Waals surface area contributed by atoms with Gasteiger partial charge in [-0.05, 0) is 56.9 Å². The number of ether oxygens (including phenoxy) is 3. The van der Waals surface area contributed by atoms with Gasteiger partial charge in [-0.1, -0.05) is 39.3 Å². The second-order valence-electron chi connectivity index (χ2n) is 11.0. The van der Waals surface area contributed by atoms with E-state index in [1.165, 1.54) is 19.1 Å². The third-order valence-electron chi connectivity index (χ3n) is 8.04. The normalized spacial score (nSPS) is 19.1. The van der Waals surface area contributed by atoms with E-state index in [4.69, 9.17) is 17.2 Å². The Bertz CT molecular complexity index is 1410. The van der Waals surface area contributed by atoms with Gasteiger partial charge in [0.15, 0.2) is 0 Å². The van der Waals surface area contributed by atoms with Gasteiger partial charge in [-0.2, -0.15) is 0 Å². The molecule has 0 unspecified atom stereocenters. The van der Waals surface area contributed by atoms with Crippen molar-refractivity contribution in [3.8, 4) is 0 Å². The van der Waals surface area contributed by atoms with Crippen LogP contribution in [0.3, 0.4) is 0 Å². The van der Waals surface area contributed by atoms with Crippen molar-refractivity contribution in [3.63, 3.8) is 0 Å². The van der Waals surface area contributed by atoms with Crippen molar-refractivity contribution in [1.29, 1.82) is 0 Å². The number of cyclic esters (lactones) is 2. The van der Waals surface area contributed by atoms with E-state index in [-0.39, 0.29) is 41.7 Å². The van der Waals surface area contributed by atoms with Crippen molar-refractivity contribution in [3.05, 3.63) is 47.5 Å². The molecule has 13 heteroatoms. The van der Waals surface area contributed by atoms with Crippen LogP contribution in [0.5, 0.6) is 0 Å². The highest BCUT2D eigenvalue weighted by molar-refractivity contribution is 6.03. The molecule has 2 amide bonds. The Kier molecular flexibility index (Phi) is 11.7. The van der Waals surface area contributed by atoms with Gasteiger partial charge >= 0.3 is 24.0 Å². The molecule has 2 aromatic carbocycles. The average molecular weight is 614 g/mol. The molecule has 0 bridgehead atoms. The molecule has 1 saturated carbocycles. The Morgan fingerprint density at radius 3 is 1.93 bits per heavy atom. The van der Waals surface area contributed by atoms with Crippen molar-refractivity contribution in [2.75, 3.05) is 43.3 Å². The van der Waals surface area contributed by atoms with E-state index in [2.05, 4.69) is 19.5 Å². The van der Waals surface area contributed by atoms with Crippen LogP contribution in [0.15, 0.2) is 36.4 Å². The number of carbonyl (C=O) groups is 5. The summed E-state index contributed by atoms with van der Waals surface area (Å²) in [5.41, 5.74) is 17.9. The molecule has 2 saturated heterocycles. The summed E-state index contributed by atoms with van der Waals surface area (Å²) in [7, 11) is 2.59. The van der Waals surface area contributed by atoms with Crippen molar-refractivity contribution < 1.29 is 38.2 Å². The molecule has 240 valence electrons. The van der Waals surface area contributed by atoms with E-state index < -0.39 is 23.6 Å². The minimum Gasteiger partial charge on any atom is -0.465 e. The average Bonchev–Trinajstić information content (AvgIpc) is 3.67. The van der Waals surface area contributed by atoms with Crippen LogP contribution < -0.4 is 22.5 Å². The first-order valence-electron chi connectivity index (χ1n) is 13.8. The Hall–Kier alpha value is -4.81. The molecule has 5 rings (SSSR count). The van der Waals surface area contributed by atoms with E-state index in [0.29, 0.717) is 23.5 Å². The SMILES string of the molecule is C.COC(=O)c1cccc(N)c1N.COC(=O)c1cccc(NC(=O)C2(C)CCCC2)c1N.C[C@]12CCCN1C(=O)OC2=O. The van der Waals surface area contributed by atoms with E-state index in [0.717, 1.165) is 38.5 Å². The Morgan fingerprint density at radius 2 is 1.39 bits per heavy atom. The number of nitrogens with zero attached hydrogens (tertiary/aromatic N) is 1. The highest BCUT2D eigenvalue weighted by Crippen LogP contribution is 2.39. The molecule has 13 nitrogen and oxygen atoms in total. The number of nitrogens with two attached hydrogens (primary N) is 3. The molecular formula is C31H43N5O8. The lowest BCUT2D eigenvalue weighted by molar-refractivity contribution is -0.139. The maximum Gasteiger partial charge on any atom is 0.418 e. The van der Waals surface area contributed by atoms with E-state index in [9.17, 15) is 24.0 Å². The molecule has 3 fully saturated rings. The molecule has 44 heavy (non-hydrogen) atoms. The predicted octanol–water partition coefficient (Wildman–Crippen LogP) is 4.37.